The van der Waals surface area contributed by atoms with Gasteiger partial charge in [0.2, 0.25) is 15.9 Å². The van der Waals surface area contributed by atoms with Crippen LogP contribution in [0.3, 0.4) is 0 Å². The molecule has 1 atom stereocenters. The predicted molar refractivity (Wildman–Crippen MR) is 75.0 cm³/mol. The maximum absolute atomic E-state index is 12.7. The minimum Gasteiger partial charge on any atom is -0.326 e. The van der Waals surface area contributed by atoms with Gasteiger partial charge < -0.3 is 10.6 Å². The lowest BCUT2D eigenvalue weighted by atomic mass is 10.2. The third kappa shape index (κ3) is 2.21. The van der Waals surface area contributed by atoms with E-state index in [0.29, 0.717) is 25.3 Å². The highest BCUT2D eigenvalue weighted by Crippen LogP contribution is 2.28. The number of nitrogens with one attached hydrogen (secondary N) is 2. The highest BCUT2D eigenvalue weighted by atomic mass is 32.2. The number of fused-ring (bicyclic) bond motifs is 1. The fourth-order valence-electron chi connectivity index (χ4n) is 2.68. The molecule has 0 spiro atoms. The molecule has 1 amide bonds. The van der Waals surface area contributed by atoms with Crippen LogP contribution < -0.4 is 10.6 Å². The zero-order valence-corrected chi connectivity index (χ0v) is 12.0. The van der Waals surface area contributed by atoms with Gasteiger partial charge in [0.15, 0.2) is 0 Å². The second kappa shape index (κ2) is 4.83. The van der Waals surface area contributed by atoms with E-state index in [1.807, 2.05) is 6.92 Å². The van der Waals surface area contributed by atoms with E-state index in [1.54, 1.807) is 18.2 Å². The number of anilines is 1. The second-order valence-corrected chi connectivity index (χ2v) is 7.10. The Labute approximate surface area is 118 Å². The first-order valence-corrected chi connectivity index (χ1v) is 8.08. The van der Waals surface area contributed by atoms with E-state index in [2.05, 4.69) is 10.6 Å². The highest BCUT2D eigenvalue weighted by Gasteiger charge is 2.32. The van der Waals surface area contributed by atoms with Gasteiger partial charge >= 0.3 is 0 Å². The first-order valence-electron chi connectivity index (χ1n) is 6.64. The first-order chi connectivity index (χ1) is 9.48. The number of hydrogen-bond donors (Lipinski definition) is 2. The predicted octanol–water partition coefficient (Wildman–Crippen LogP) is 0.164. The number of nitrogens with zero attached hydrogens (tertiary/aromatic N) is 1. The van der Waals surface area contributed by atoms with Crippen LogP contribution in [0.4, 0.5) is 5.69 Å². The second-order valence-electron chi connectivity index (χ2n) is 5.21. The summed E-state index contributed by atoms with van der Waals surface area (Å²) < 4.78 is 26.9. The third-order valence-electron chi connectivity index (χ3n) is 3.75. The lowest BCUT2D eigenvalue weighted by Crippen LogP contribution is -2.52. The van der Waals surface area contributed by atoms with Crippen molar-refractivity contribution < 1.29 is 13.2 Å². The number of hydrogen-bond acceptors (Lipinski definition) is 4. The Morgan fingerprint density at radius 2 is 2.15 bits per heavy atom. The van der Waals surface area contributed by atoms with E-state index >= 15 is 0 Å². The molecule has 1 aromatic carbocycles. The summed E-state index contributed by atoms with van der Waals surface area (Å²) in [5.41, 5.74) is 1.46. The Balaban J connectivity index is 1.96. The van der Waals surface area contributed by atoms with Crippen LogP contribution in [0.2, 0.25) is 0 Å². The summed E-state index contributed by atoms with van der Waals surface area (Å²) in [5, 5.41) is 5.88. The van der Waals surface area contributed by atoms with Gasteiger partial charge in [0.1, 0.15) is 0 Å². The van der Waals surface area contributed by atoms with E-state index in [-0.39, 0.29) is 23.3 Å². The molecule has 6 nitrogen and oxygen atoms in total. The quantitative estimate of drug-likeness (QED) is 0.815. The van der Waals surface area contributed by atoms with Gasteiger partial charge in [-0.15, -0.1) is 0 Å². The van der Waals surface area contributed by atoms with Gasteiger partial charge in [-0.3, -0.25) is 4.79 Å². The van der Waals surface area contributed by atoms with Crippen LogP contribution in [0.25, 0.3) is 0 Å². The molecule has 2 N–H and O–H groups in total. The Bertz CT molecular complexity index is 657. The fourth-order valence-corrected chi connectivity index (χ4v) is 4.36. The summed E-state index contributed by atoms with van der Waals surface area (Å²) in [4.78, 5) is 11.6. The summed E-state index contributed by atoms with van der Waals surface area (Å²) in [5.74, 6) is -0.0925. The zero-order chi connectivity index (χ0) is 14.3. The van der Waals surface area contributed by atoms with E-state index in [0.717, 1.165) is 5.56 Å². The van der Waals surface area contributed by atoms with Crippen molar-refractivity contribution in [1.82, 2.24) is 9.62 Å². The van der Waals surface area contributed by atoms with Crippen molar-refractivity contribution in [3.63, 3.8) is 0 Å². The largest absolute Gasteiger partial charge is 0.326 e. The summed E-state index contributed by atoms with van der Waals surface area (Å²) in [6.07, 6.45) is 0.246. The third-order valence-corrected chi connectivity index (χ3v) is 5.76. The smallest absolute Gasteiger partial charge is 0.243 e. The van der Waals surface area contributed by atoms with Gasteiger partial charge in [0, 0.05) is 31.4 Å². The van der Waals surface area contributed by atoms with Crippen LogP contribution in [-0.4, -0.2) is 44.3 Å². The molecule has 3 rings (SSSR count). The van der Waals surface area contributed by atoms with Gasteiger partial charge in [-0.2, -0.15) is 4.31 Å². The van der Waals surface area contributed by atoms with Gasteiger partial charge in [0.25, 0.3) is 0 Å². The van der Waals surface area contributed by atoms with Crippen LogP contribution in [0.5, 0.6) is 0 Å². The standard InChI is InChI=1S/C13H17N3O3S/c1-9-8-14-4-5-16(9)20(18,19)11-2-3-12-10(6-11)7-13(17)15-12/h2-3,6,9,14H,4-5,7-8H2,1H3,(H,15,17)/t9-/m1/s1. The van der Waals surface area contributed by atoms with Crippen molar-refractivity contribution in [1.29, 1.82) is 0 Å². The minimum atomic E-state index is -3.50. The molecular formula is C13H17N3O3S. The summed E-state index contributed by atoms with van der Waals surface area (Å²) in [7, 11) is -3.50. The number of amides is 1. The molecular weight excluding hydrogens is 278 g/mol. The lowest BCUT2D eigenvalue weighted by molar-refractivity contribution is -0.115. The van der Waals surface area contributed by atoms with E-state index in [9.17, 15) is 13.2 Å². The highest BCUT2D eigenvalue weighted by molar-refractivity contribution is 7.89. The molecule has 0 bridgehead atoms. The van der Waals surface area contributed by atoms with Crippen molar-refractivity contribution >= 4 is 21.6 Å². The number of sulfonamides is 1. The maximum atomic E-state index is 12.7. The molecule has 7 heteroatoms. The number of rotatable bonds is 2. The number of carbonyl (C=O) groups is 1. The molecule has 2 aliphatic rings. The Hall–Kier alpha value is -1.44. The average Bonchev–Trinajstić information content (AvgIpc) is 2.78. The van der Waals surface area contributed by atoms with E-state index in [1.165, 1.54) is 4.31 Å². The first kappa shape index (κ1) is 13.5. The molecule has 20 heavy (non-hydrogen) atoms. The molecule has 0 aliphatic carbocycles. The Morgan fingerprint density at radius 1 is 1.35 bits per heavy atom. The maximum Gasteiger partial charge on any atom is 0.243 e. The number of carbonyl (C=O) groups excluding carboxylic acids is 1. The summed E-state index contributed by atoms with van der Waals surface area (Å²) >= 11 is 0. The molecule has 1 aromatic rings. The zero-order valence-electron chi connectivity index (χ0n) is 11.2. The van der Waals surface area contributed by atoms with Gasteiger partial charge in [-0.25, -0.2) is 8.42 Å². The van der Waals surface area contributed by atoms with Crippen molar-refractivity contribution in [3.05, 3.63) is 23.8 Å². The minimum absolute atomic E-state index is 0.0678. The van der Waals surface area contributed by atoms with Crippen molar-refractivity contribution in [2.45, 2.75) is 24.3 Å². The van der Waals surface area contributed by atoms with Crippen LogP contribution in [0.15, 0.2) is 23.1 Å². The molecule has 0 unspecified atom stereocenters. The normalized spacial score (nSPS) is 23.4. The Kier molecular flexibility index (Phi) is 3.27. The van der Waals surface area contributed by atoms with Gasteiger partial charge in [0.05, 0.1) is 11.3 Å². The van der Waals surface area contributed by atoms with Crippen LogP contribution in [0, 0.1) is 0 Å². The molecule has 2 heterocycles. The molecule has 2 aliphatic heterocycles. The molecule has 0 saturated carbocycles. The number of benzene rings is 1. The van der Waals surface area contributed by atoms with E-state index < -0.39 is 10.0 Å². The van der Waals surface area contributed by atoms with Gasteiger partial charge in [-0.05, 0) is 30.7 Å². The topological polar surface area (TPSA) is 78.5 Å². The molecule has 0 aromatic heterocycles. The summed E-state index contributed by atoms with van der Waals surface area (Å²) in [6, 6.07) is 4.77. The number of piperazine rings is 1. The fraction of sp³-hybridized carbons (Fsp3) is 0.462. The van der Waals surface area contributed by atoms with Crippen LogP contribution in [0.1, 0.15) is 12.5 Å². The molecule has 1 saturated heterocycles. The SMILES string of the molecule is C[C@@H]1CNCCN1S(=O)(=O)c1ccc2c(c1)CC(=O)N2. The lowest BCUT2D eigenvalue weighted by Gasteiger charge is -2.32. The molecule has 108 valence electrons. The van der Waals surface area contributed by atoms with Crippen molar-refractivity contribution in [2.75, 3.05) is 25.0 Å². The van der Waals surface area contributed by atoms with Crippen molar-refractivity contribution in [2.24, 2.45) is 0 Å². The molecule has 1 fully saturated rings. The van der Waals surface area contributed by atoms with Crippen molar-refractivity contribution in [3.8, 4) is 0 Å². The monoisotopic (exact) mass is 295 g/mol. The van der Waals surface area contributed by atoms with Crippen LogP contribution in [-0.2, 0) is 21.2 Å². The molecule has 0 radical (unpaired) electrons. The van der Waals surface area contributed by atoms with Gasteiger partial charge in [-0.1, -0.05) is 0 Å². The Morgan fingerprint density at radius 3 is 2.90 bits per heavy atom. The average molecular weight is 295 g/mol. The van der Waals surface area contributed by atoms with E-state index in [4.69, 9.17) is 0 Å². The summed E-state index contributed by atoms with van der Waals surface area (Å²) in [6.45, 7) is 3.68. The van der Waals surface area contributed by atoms with Crippen LogP contribution >= 0.6 is 0 Å².